The van der Waals surface area contributed by atoms with Crippen molar-refractivity contribution in [3.05, 3.63) is 100 Å². The lowest BCUT2D eigenvalue weighted by molar-refractivity contribution is 0.0157. The minimum absolute atomic E-state index is 0. The number of carbonyl (C=O) groups excluding carboxylic acids is 1. The summed E-state index contributed by atoms with van der Waals surface area (Å²) in [6.45, 7) is 14.9. The van der Waals surface area contributed by atoms with Gasteiger partial charge in [0.2, 0.25) is 5.88 Å². The van der Waals surface area contributed by atoms with Crippen LogP contribution < -0.4 is 9.64 Å². The van der Waals surface area contributed by atoms with Crippen molar-refractivity contribution in [2.75, 3.05) is 18.6 Å². The molecule has 7 nitrogen and oxygen atoms in total. The molecule has 52 heavy (non-hydrogen) atoms. The molecule has 2 heterocycles. The smallest absolute Gasteiger partial charge is 0.254 e. The van der Waals surface area contributed by atoms with E-state index >= 15 is 4.39 Å². The fraction of sp³-hybridized carbons (Fsp3) is 0.500. The molecule has 1 spiro atoms. The van der Waals surface area contributed by atoms with Crippen molar-refractivity contribution in [1.29, 1.82) is 0 Å². The number of anilines is 1. The van der Waals surface area contributed by atoms with E-state index in [4.69, 9.17) is 14.7 Å². The molecule has 2 aromatic heterocycles. The lowest BCUT2D eigenvalue weighted by Gasteiger charge is -2.48. The van der Waals surface area contributed by atoms with Crippen molar-refractivity contribution in [1.82, 2.24) is 19.9 Å². The van der Waals surface area contributed by atoms with Crippen molar-refractivity contribution in [2.45, 2.75) is 117 Å². The van der Waals surface area contributed by atoms with Crippen LogP contribution in [0.3, 0.4) is 0 Å². The number of aryl methyl sites for hydroxylation is 4. The first kappa shape index (κ1) is 36.0. The number of nitrogens with zero attached hydrogens (tertiary/aromatic N) is 5. The maximum Gasteiger partial charge on any atom is 0.254 e. The molecular formula is C44H56FN5O2. The van der Waals surface area contributed by atoms with E-state index in [0.717, 1.165) is 46.6 Å². The van der Waals surface area contributed by atoms with Gasteiger partial charge in [-0.25, -0.2) is 14.4 Å². The van der Waals surface area contributed by atoms with E-state index < -0.39 is 0 Å². The molecule has 276 valence electrons. The van der Waals surface area contributed by atoms with Gasteiger partial charge in [0, 0.05) is 43.7 Å². The Labute approximate surface area is 310 Å². The van der Waals surface area contributed by atoms with Gasteiger partial charge in [0.05, 0.1) is 17.4 Å². The summed E-state index contributed by atoms with van der Waals surface area (Å²) in [5.74, 6) is 1.31. The number of ether oxygens (including phenoxy) is 1. The zero-order valence-electron chi connectivity index (χ0n) is 32.2. The molecule has 3 aliphatic carbocycles. The van der Waals surface area contributed by atoms with Crippen molar-refractivity contribution in [2.24, 2.45) is 10.8 Å². The molecule has 7 rings (SSSR count). The van der Waals surface area contributed by atoms with Gasteiger partial charge < -0.3 is 14.5 Å². The first-order valence-electron chi connectivity index (χ1n) is 19.0. The second-order valence-corrected chi connectivity index (χ2v) is 17.2. The monoisotopic (exact) mass is 705 g/mol. The van der Waals surface area contributed by atoms with Crippen LogP contribution >= 0.6 is 0 Å². The highest BCUT2D eigenvalue weighted by molar-refractivity contribution is 5.95. The molecule has 3 atom stereocenters. The number of hydrogen-bond donors (Lipinski definition) is 0. The first-order chi connectivity index (χ1) is 24.7. The number of rotatable bonds is 11. The summed E-state index contributed by atoms with van der Waals surface area (Å²) >= 11 is 0. The number of carbonyl (C=O) groups is 1. The summed E-state index contributed by atoms with van der Waals surface area (Å²) in [4.78, 5) is 33.5. The standard InChI is InChI=1S/C44H54FN5O2.H2/c1-27-11-9-14-31(21-27)42(51)50(37-17-15-34(37)41-35(45)16-18-38(48-41)49(8)32-24-44(25-32)19-20-44)33(23-43(5,6)7)26-52-39-22-36(46-30(4)47-39)40-28(2)12-10-13-29(40)3;/h9-14,16,18,21-22,32-34,37H,15,17,19-20,23-26H2,1-8H3;1H/t33-,34?,37?;/m1./s1. The van der Waals surface area contributed by atoms with Crippen molar-refractivity contribution in [3.8, 4) is 17.1 Å². The Morgan fingerprint density at radius 2 is 1.67 bits per heavy atom. The van der Waals surface area contributed by atoms with Gasteiger partial charge in [0.15, 0.2) is 0 Å². The molecule has 4 aromatic rings. The third kappa shape index (κ3) is 7.44. The number of aromatic nitrogens is 3. The summed E-state index contributed by atoms with van der Waals surface area (Å²) < 4.78 is 22.4. The van der Waals surface area contributed by atoms with Crippen molar-refractivity contribution >= 4 is 11.7 Å². The molecule has 1 amide bonds. The molecule has 3 fully saturated rings. The number of hydrogen-bond acceptors (Lipinski definition) is 6. The van der Waals surface area contributed by atoms with Crippen LogP contribution in [0.25, 0.3) is 11.3 Å². The summed E-state index contributed by atoms with van der Waals surface area (Å²) in [6.07, 6.45) is 7.25. The maximum atomic E-state index is 15.8. The van der Waals surface area contributed by atoms with Gasteiger partial charge in [-0.3, -0.25) is 4.79 Å². The summed E-state index contributed by atoms with van der Waals surface area (Å²) in [6, 6.07) is 19.2. The SMILES string of the molecule is Cc1cccc(C(=O)N(C2CCC2c2nc(N(C)C3CC4(CC4)C3)ccc2F)[C@@H](COc2cc(-c3c(C)cccc3C)nc(C)n2)CC(C)(C)C)c1.[HH]. The van der Waals surface area contributed by atoms with Crippen molar-refractivity contribution < 1.29 is 15.3 Å². The zero-order chi connectivity index (χ0) is 36.9. The lowest BCUT2D eigenvalue weighted by Crippen LogP contribution is -2.56. The van der Waals surface area contributed by atoms with E-state index in [-0.39, 0.29) is 43.2 Å². The summed E-state index contributed by atoms with van der Waals surface area (Å²) in [7, 11) is 2.09. The Bertz CT molecular complexity index is 1950. The van der Waals surface area contributed by atoms with Gasteiger partial charge in [0.25, 0.3) is 5.91 Å². The largest absolute Gasteiger partial charge is 0.475 e. The molecule has 0 N–H and O–H groups in total. The van der Waals surface area contributed by atoms with E-state index in [1.165, 1.54) is 25.7 Å². The van der Waals surface area contributed by atoms with Crippen molar-refractivity contribution in [3.63, 3.8) is 0 Å². The zero-order valence-corrected chi connectivity index (χ0v) is 32.2. The van der Waals surface area contributed by atoms with Gasteiger partial charge in [-0.15, -0.1) is 0 Å². The topological polar surface area (TPSA) is 71.5 Å². The summed E-state index contributed by atoms with van der Waals surface area (Å²) in [5, 5.41) is 0. The second kappa shape index (κ2) is 13.9. The third-order valence-corrected chi connectivity index (χ3v) is 11.7. The van der Waals surface area contributed by atoms with Crippen LogP contribution in [0.4, 0.5) is 10.2 Å². The summed E-state index contributed by atoms with van der Waals surface area (Å²) in [5.41, 5.74) is 6.70. The second-order valence-electron chi connectivity index (χ2n) is 17.2. The van der Waals surface area contributed by atoms with Crippen LogP contribution in [0.5, 0.6) is 5.88 Å². The number of pyridine rings is 1. The average molecular weight is 706 g/mol. The van der Waals surface area contributed by atoms with Crippen LogP contribution in [-0.4, -0.2) is 57.5 Å². The van der Waals surface area contributed by atoms with Gasteiger partial charge in [-0.05, 0) is 119 Å². The first-order valence-corrected chi connectivity index (χ1v) is 19.0. The van der Waals surface area contributed by atoms with Gasteiger partial charge >= 0.3 is 0 Å². The van der Waals surface area contributed by atoms with E-state index in [2.05, 4.69) is 69.7 Å². The van der Waals surface area contributed by atoms with Gasteiger partial charge in [-0.2, -0.15) is 4.98 Å². The molecule has 3 saturated carbocycles. The van der Waals surface area contributed by atoms with E-state index in [0.29, 0.717) is 40.8 Å². The molecule has 0 radical (unpaired) electrons. The van der Waals surface area contributed by atoms with Crippen LogP contribution in [0.15, 0.2) is 60.7 Å². The fourth-order valence-electron chi connectivity index (χ4n) is 8.62. The lowest BCUT2D eigenvalue weighted by atomic mass is 9.74. The van der Waals surface area contributed by atoms with Crippen LogP contribution in [0.1, 0.15) is 112 Å². The van der Waals surface area contributed by atoms with Crippen LogP contribution in [0, 0.1) is 44.3 Å². The predicted molar refractivity (Wildman–Crippen MR) is 208 cm³/mol. The van der Waals surface area contributed by atoms with Crippen LogP contribution in [-0.2, 0) is 0 Å². The minimum atomic E-state index is -0.307. The average Bonchev–Trinajstić information content (AvgIpc) is 3.86. The molecule has 2 aromatic carbocycles. The molecule has 8 heteroatoms. The fourth-order valence-corrected chi connectivity index (χ4v) is 8.62. The Hall–Kier alpha value is -4.33. The van der Waals surface area contributed by atoms with E-state index in [9.17, 15) is 4.79 Å². The normalized spacial score (nSPS) is 19.8. The molecule has 0 saturated heterocycles. The maximum absolute atomic E-state index is 15.8. The van der Waals surface area contributed by atoms with Gasteiger partial charge in [-0.1, -0.05) is 56.7 Å². The minimum Gasteiger partial charge on any atom is -0.475 e. The molecular weight excluding hydrogens is 650 g/mol. The highest BCUT2D eigenvalue weighted by Gasteiger charge is 2.54. The highest BCUT2D eigenvalue weighted by Crippen LogP contribution is 2.62. The predicted octanol–water partition coefficient (Wildman–Crippen LogP) is 9.81. The van der Waals surface area contributed by atoms with E-state index in [1.807, 2.05) is 55.1 Å². The molecule has 2 unspecified atom stereocenters. The van der Waals surface area contributed by atoms with Gasteiger partial charge in [0.1, 0.15) is 24.1 Å². The quantitative estimate of drug-likeness (QED) is 0.155. The molecule has 0 bridgehead atoms. The van der Waals surface area contributed by atoms with Crippen LogP contribution in [0.2, 0.25) is 0 Å². The third-order valence-electron chi connectivity index (χ3n) is 11.7. The Kier molecular flexibility index (Phi) is 9.64. The Morgan fingerprint density at radius 3 is 2.31 bits per heavy atom. The number of benzene rings is 2. The Morgan fingerprint density at radius 1 is 0.962 bits per heavy atom. The molecule has 3 aliphatic rings. The molecule has 0 aliphatic heterocycles. The number of amides is 1. The van der Waals surface area contributed by atoms with E-state index in [1.54, 1.807) is 6.07 Å². The highest BCUT2D eigenvalue weighted by atomic mass is 19.1. The Balaban J connectivity index is 0.00000481. The number of halogens is 1.